The van der Waals surface area contributed by atoms with E-state index in [1.807, 2.05) is 6.92 Å². The molecule has 76 valence electrons. The van der Waals surface area contributed by atoms with E-state index in [1.54, 1.807) is 0 Å². The van der Waals surface area contributed by atoms with Crippen LogP contribution in [0.5, 0.6) is 0 Å². The van der Waals surface area contributed by atoms with Crippen molar-refractivity contribution in [2.75, 3.05) is 6.54 Å². The zero-order chi connectivity index (χ0) is 10.3. The van der Waals surface area contributed by atoms with Crippen LogP contribution in [0.1, 0.15) is 18.9 Å². The molecule has 0 spiro atoms. The molecular weight excluding hydrogens is 184 g/mol. The van der Waals surface area contributed by atoms with E-state index in [2.05, 4.69) is 0 Å². The molecule has 1 aromatic rings. The Bertz CT molecular complexity index is 344. The molecule has 0 bridgehead atoms. The highest BCUT2D eigenvalue weighted by molar-refractivity contribution is 5.35. The first-order chi connectivity index (χ1) is 6.59. The van der Waals surface area contributed by atoms with Crippen molar-refractivity contribution in [1.82, 2.24) is 0 Å². The average molecular weight is 197 g/mol. The lowest BCUT2D eigenvalue weighted by Crippen LogP contribution is -2.15. The lowest BCUT2D eigenvalue weighted by atomic mass is 9.94. The Morgan fingerprint density at radius 3 is 2.43 bits per heavy atom. The van der Waals surface area contributed by atoms with E-state index in [0.717, 1.165) is 6.42 Å². The Morgan fingerprint density at radius 1 is 1.43 bits per heavy atom. The van der Waals surface area contributed by atoms with Crippen molar-refractivity contribution in [1.29, 1.82) is 0 Å². The van der Waals surface area contributed by atoms with Gasteiger partial charge in [0.05, 0.1) is 0 Å². The summed E-state index contributed by atoms with van der Waals surface area (Å²) in [6.45, 7) is 2.36. The Labute approximate surface area is 81.9 Å². The molecule has 0 radical (unpaired) electrons. The summed E-state index contributed by atoms with van der Waals surface area (Å²) in [6, 6.07) is 3.99. The van der Waals surface area contributed by atoms with Gasteiger partial charge >= 0.3 is 0 Å². The minimum Gasteiger partial charge on any atom is -0.330 e. The van der Waals surface area contributed by atoms with Crippen LogP contribution in [-0.2, 0) is 5.41 Å². The van der Waals surface area contributed by atoms with E-state index in [9.17, 15) is 8.78 Å². The van der Waals surface area contributed by atoms with Gasteiger partial charge in [-0.2, -0.15) is 0 Å². The maximum atomic E-state index is 13.4. The fourth-order valence-corrected chi connectivity index (χ4v) is 2.15. The molecule has 1 aliphatic rings. The maximum absolute atomic E-state index is 13.4. The predicted molar refractivity (Wildman–Crippen MR) is 50.9 cm³/mol. The zero-order valence-electron chi connectivity index (χ0n) is 8.06. The van der Waals surface area contributed by atoms with Crippen LogP contribution in [0.3, 0.4) is 0 Å². The van der Waals surface area contributed by atoms with Gasteiger partial charge in [-0.25, -0.2) is 8.78 Å². The second-order valence-electron chi connectivity index (χ2n) is 4.15. The Balaban J connectivity index is 2.43. The minimum absolute atomic E-state index is 0.204. The van der Waals surface area contributed by atoms with E-state index >= 15 is 0 Å². The molecule has 14 heavy (non-hydrogen) atoms. The summed E-state index contributed by atoms with van der Waals surface area (Å²) >= 11 is 0. The van der Waals surface area contributed by atoms with Gasteiger partial charge in [0.2, 0.25) is 0 Å². The molecule has 1 aromatic carbocycles. The van der Waals surface area contributed by atoms with Crippen LogP contribution in [0.2, 0.25) is 0 Å². The van der Waals surface area contributed by atoms with Gasteiger partial charge in [-0.1, -0.05) is 13.0 Å². The Morgan fingerprint density at radius 2 is 2.00 bits per heavy atom. The number of benzene rings is 1. The van der Waals surface area contributed by atoms with Crippen LogP contribution >= 0.6 is 0 Å². The maximum Gasteiger partial charge on any atom is 0.129 e. The van der Waals surface area contributed by atoms with Crippen molar-refractivity contribution < 1.29 is 8.78 Å². The lowest BCUT2D eigenvalue weighted by Gasteiger charge is -2.13. The molecule has 2 N–H and O–H groups in total. The van der Waals surface area contributed by atoms with Gasteiger partial charge in [0.25, 0.3) is 0 Å². The summed E-state index contributed by atoms with van der Waals surface area (Å²) in [5, 5.41) is 0. The molecule has 0 aromatic heterocycles. The van der Waals surface area contributed by atoms with Gasteiger partial charge < -0.3 is 5.73 Å². The fraction of sp³-hybridized carbons (Fsp3) is 0.455. The van der Waals surface area contributed by atoms with Crippen LogP contribution in [0, 0.1) is 17.6 Å². The first kappa shape index (κ1) is 9.59. The summed E-state index contributed by atoms with van der Waals surface area (Å²) in [6.07, 6.45) is 0.779. The van der Waals surface area contributed by atoms with Gasteiger partial charge in [0.1, 0.15) is 11.6 Å². The SMILES string of the molecule is CC1(c2c(F)cccc2F)CC1CN. The van der Waals surface area contributed by atoms with Crippen molar-refractivity contribution in [3.8, 4) is 0 Å². The number of hydrogen-bond donors (Lipinski definition) is 1. The van der Waals surface area contributed by atoms with E-state index in [0.29, 0.717) is 6.54 Å². The third-order valence-corrected chi connectivity index (χ3v) is 3.23. The van der Waals surface area contributed by atoms with Crippen LogP contribution in [0.15, 0.2) is 18.2 Å². The molecule has 0 aliphatic heterocycles. The van der Waals surface area contributed by atoms with Crippen molar-refractivity contribution in [3.05, 3.63) is 35.4 Å². The first-order valence-electron chi connectivity index (χ1n) is 4.74. The Hall–Kier alpha value is -0.960. The monoisotopic (exact) mass is 197 g/mol. The predicted octanol–water partition coefficient (Wildman–Crippen LogP) is 2.20. The third-order valence-electron chi connectivity index (χ3n) is 3.23. The highest BCUT2D eigenvalue weighted by Gasteiger charge is 2.52. The molecule has 0 saturated heterocycles. The molecule has 1 aliphatic carbocycles. The van der Waals surface area contributed by atoms with Gasteiger partial charge in [-0.05, 0) is 31.0 Å². The highest BCUT2D eigenvalue weighted by atomic mass is 19.1. The number of rotatable bonds is 2. The summed E-state index contributed by atoms with van der Waals surface area (Å²) in [5.41, 5.74) is 5.32. The van der Waals surface area contributed by atoms with Crippen LogP contribution < -0.4 is 5.73 Å². The summed E-state index contributed by atoms with van der Waals surface area (Å²) < 4.78 is 26.8. The van der Waals surface area contributed by atoms with Gasteiger partial charge in [0, 0.05) is 11.0 Å². The smallest absolute Gasteiger partial charge is 0.129 e. The van der Waals surface area contributed by atoms with Gasteiger partial charge in [0.15, 0.2) is 0 Å². The minimum atomic E-state index is -0.455. The van der Waals surface area contributed by atoms with E-state index in [4.69, 9.17) is 5.73 Å². The lowest BCUT2D eigenvalue weighted by molar-refractivity contribution is 0.512. The average Bonchev–Trinajstić information content (AvgIpc) is 2.77. The zero-order valence-corrected chi connectivity index (χ0v) is 8.06. The highest BCUT2D eigenvalue weighted by Crippen LogP contribution is 2.54. The fourth-order valence-electron chi connectivity index (χ4n) is 2.15. The first-order valence-corrected chi connectivity index (χ1v) is 4.74. The normalized spacial score (nSPS) is 30.4. The molecule has 1 saturated carbocycles. The molecular formula is C11H13F2N. The van der Waals surface area contributed by atoms with E-state index in [1.165, 1.54) is 18.2 Å². The summed E-state index contributed by atoms with van der Waals surface area (Å²) in [7, 11) is 0. The van der Waals surface area contributed by atoms with Gasteiger partial charge in [-0.3, -0.25) is 0 Å². The third kappa shape index (κ3) is 1.23. The second-order valence-corrected chi connectivity index (χ2v) is 4.15. The quantitative estimate of drug-likeness (QED) is 0.772. The molecule has 0 amide bonds. The van der Waals surface area contributed by atoms with Crippen molar-refractivity contribution in [3.63, 3.8) is 0 Å². The van der Waals surface area contributed by atoms with Crippen LogP contribution in [0.4, 0.5) is 8.78 Å². The molecule has 1 nitrogen and oxygen atoms in total. The number of nitrogens with two attached hydrogens (primary N) is 1. The Kier molecular flexibility index (Phi) is 2.07. The topological polar surface area (TPSA) is 26.0 Å². The van der Waals surface area contributed by atoms with Crippen molar-refractivity contribution in [2.45, 2.75) is 18.8 Å². The van der Waals surface area contributed by atoms with Crippen molar-refractivity contribution >= 4 is 0 Å². The second kappa shape index (κ2) is 3.02. The van der Waals surface area contributed by atoms with E-state index in [-0.39, 0.29) is 16.9 Å². The molecule has 1 fully saturated rings. The molecule has 3 heteroatoms. The number of hydrogen-bond acceptors (Lipinski definition) is 1. The molecule has 2 unspecified atom stereocenters. The van der Waals surface area contributed by atoms with Crippen LogP contribution in [-0.4, -0.2) is 6.54 Å². The summed E-state index contributed by atoms with van der Waals surface area (Å²) in [5.74, 6) is -0.694. The standard InChI is InChI=1S/C11H13F2N/c1-11(5-7(11)6-14)10-8(12)3-2-4-9(10)13/h2-4,7H,5-6,14H2,1H3. The van der Waals surface area contributed by atoms with E-state index < -0.39 is 11.6 Å². The molecule has 0 heterocycles. The van der Waals surface area contributed by atoms with Gasteiger partial charge in [-0.15, -0.1) is 0 Å². The largest absolute Gasteiger partial charge is 0.330 e. The van der Waals surface area contributed by atoms with Crippen LogP contribution in [0.25, 0.3) is 0 Å². The number of halogens is 2. The molecule has 2 atom stereocenters. The van der Waals surface area contributed by atoms with Crippen molar-refractivity contribution in [2.24, 2.45) is 11.7 Å². The summed E-state index contributed by atoms with van der Waals surface area (Å²) in [4.78, 5) is 0. The molecule has 2 rings (SSSR count).